The minimum atomic E-state index is 0.447. The molecule has 1 aromatic carbocycles. The van der Waals surface area contributed by atoms with Crippen molar-refractivity contribution in [3.63, 3.8) is 0 Å². The van der Waals surface area contributed by atoms with E-state index >= 15 is 0 Å². The van der Waals surface area contributed by atoms with Gasteiger partial charge < -0.3 is 5.73 Å². The second-order valence-electron chi connectivity index (χ2n) is 3.69. The highest BCUT2D eigenvalue weighted by molar-refractivity contribution is 6.30. The number of nitrogen functional groups attached to an aromatic ring is 1. The Morgan fingerprint density at radius 2 is 2.06 bits per heavy atom. The Morgan fingerprint density at radius 3 is 2.81 bits per heavy atom. The maximum absolute atomic E-state index is 5.93. The van der Waals surface area contributed by atoms with Crippen molar-refractivity contribution in [2.24, 2.45) is 0 Å². The first-order valence-electron chi connectivity index (χ1n) is 4.98. The average molecular weight is 234 g/mol. The summed E-state index contributed by atoms with van der Waals surface area (Å²) in [7, 11) is 0. The van der Waals surface area contributed by atoms with E-state index < -0.39 is 0 Å². The van der Waals surface area contributed by atoms with Crippen LogP contribution < -0.4 is 5.73 Å². The molecule has 82 valence electrons. The highest BCUT2D eigenvalue weighted by Gasteiger charge is 2.03. The molecule has 1 heterocycles. The first kappa shape index (κ1) is 10.9. The van der Waals surface area contributed by atoms with Gasteiger partial charge in [-0.05, 0) is 42.7 Å². The van der Waals surface area contributed by atoms with Crippen LogP contribution in [-0.4, -0.2) is 10.2 Å². The SMILES string of the molecule is Cc1nnc(N)cc1Cc1cccc(Cl)c1. The summed E-state index contributed by atoms with van der Waals surface area (Å²) < 4.78 is 0. The van der Waals surface area contributed by atoms with Crippen LogP contribution in [0.2, 0.25) is 5.02 Å². The number of halogens is 1. The first-order valence-corrected chi connectivity index (χ1v) is 5.36. The molecule has 0 fully saturated rings. The minimum absolute atomic E-state index is 0.447. The largest absolute Gasteiger partial charge is 0.382 e. The zero-order chi connectivity index (χ0) is 11.5. The molecule has 0 spiro atoms. The zero-order valence-corrected chi connectivity index (χ0v) is 9.70. The van der Waals surface area contributed by atoms with Crippen LogP contribution in [0.4, 0.5) is 5.82 Å². The molecule has 0 radical (unpaired) electrons. The van der Waals surface area contributed by atoms with Gasteiger partial charge in [-0.1, -0.05) is 23.7 Å². The number of rotatable bonds is 2. The summed E-state index contributed by atoms with van der Waals surface area (Å²) in [5.41, 5.74) is 8.73. The van der Waals surface area contributed by atoms with E-state index in [1.165, 1.54) is 0 Å². The van der Waals surface area contributed by atoms with Gasteiger partial charge in [0.25, 0.3) is 0 Å². The van der Waals surface area contributed by atoms with Crippen LogP contribution in [0, 0.1) is 6.92 Å². The molecule has 0 aliphatic carbocycles. The summed E-state index contributed by atoms with van der Waals surface area (Å²) in [5, 5.41) is 8.53. The van der Waals surface area contributed by atoms with Crippen molar-refractivity contribution in [3.05, 3.63) is 52.2 Å². The number of nitrogens with two attached hydrogens (primary N) is 1. The van der Waals surface area contributed by atoms with Crippen LogP contribution in [0.1, 0.15) is 16.8 Å². The highest BCUT2D eigenvalue weighted by atomic mass is 35.5. The van der Waals surface area contributed by atoms with Crippen LogP contribution in [0.3, 0.4) is 0 Å². The first-order chi connectivity index (χ1) is 7.65. The third-order valence-corrected chi connectivity index (χ3v) is 2.62. The molecule has 2 aromatic rings. The monoisotopic (exact) mass is 233 g/mol. The number of benzene rings is 1. The molecule has 0 unspecified atom stereocenters. The second-order valence-corrected chi connectivity index (χ2v) is 4.12. The van der Waals surface area contributed by atoms with Crippen molar-refractivity contribution in [2.75, 3.05) is 5.73 Å². The minimum Gasteiger partial charge on any atom is -0.382 e. The van der Waals surface area contributed by atoms with Gasteiger partial charge >= 0.3 is 0 Å². The lowest BCUT2D eigenvalue weighted by molar-refractivity contribution is 0.951. The maximum atomic E-state index is 5.93. The molecular formula is C12H12ClN3. The third-order valence-electron chi connectivity index (χ3n) is 2.39. The van der Waals surface area contributed by atoms with Gasteiger partial charge in [0.1, 0.15) is 5.82 Å². The molecule has 0 atom stereocenters. The Bertz CT molecular complexity index is 511. The van der Waals surface area contributed by atoms with E-state index in [0.717, 1.165) is 28.3 Å². The van der Waals surface area contributed by atoms with E-state index in [1.807, 2.05) is 37.3 Å². The average Bonchev–Trinajstić information content (AvgIpc) is 2.24. The quantitative estimate of drug-likeness (QED) is 0.868. The summed E-state index contributed by atoms with van der Waals surface area (Å²) in [6.07, 6.45) is 0.770. The third kappa shape index (κ3) is 2.49. The van der Waals surface area contributed by atoms with Crippen molar-refractivity contribution >= 4 is 17.4 Å². The van der Waals surface area contributed by atoms with Gasteiger partial charge in [0.15, 0.2) is 0 Å². The van der Waals surface area contributed by atoms with Crippen molar-refractivity contribution in [2.45, 2.75) is 13.3 Å². The van der Waals surface area contributed by atoms with Crippen LogP contribution in [0.25, 0.3) is 0 Å². The summed E-state index contributed by atoms with van der Waals surface area (Å²) >= 11 is 5.93. The number of anilines is 1. The molecule has 0 bridgehead atoms. The number of aromatic nitrogens is 2. The van der Waals surface area contributed by atoms with E-state index in [9.17, 15) is 0 Å². The number of hydrogen-bond donors (Lipinski definition) is 1. The number of aryl methyl sites for hydroxylation is 1. The van der Waals surface area contributed by atoms with Gasteiger partial charge in [-0.25, -0.2) is 0 Å². The van der Waals surface area contributed by atoms with Gasteiger partial charge in [0, 0.05) is 5.02 Å². The Kier molecular flexibility index (Phi) is 3.06. The van der Waals surface area contributed by atoms with Crippen molar-refractivity contribution in [1.82, 2.24) is 10.2 Å². The fraction of sp³-hybridized carbons (Fsp3) is 0.167. The summed E-state index contributed by atoms with van der Waals surface area (Å²) in [5.74, 6) is 0.447. The van der Waals surface area contributed by atoms with E-state index in [4.69, 9.17) is 17.3 Å². The fourth-order valence-electron chi connectivity index (χ4n) is 1.55. The molecule has 0 amide bonds. The molecule has 16 heavy (non-hydrogen) atoms. The van der Waals surface area contributed by atoms with Crippen LogP contribution >= 0.6 is 11.6 Å². The van der Waals surface area contributed by atoms with Gasteiger partial charge in [0.2, 0.25) is 0 Å². The number of hydrogen-bond acceptors (Lipinski definition) is 3. The Labute approximate surface area is 99.3 Å². The van der Waals surface area contributed by atoms with E-state index in [-0.39, 0.29) is 0 Å². The summed E-state index contributed by atoms with van der Waals surface area (Å²) in [6.45, 7) is 1.92. The number of nitrogens with zero attached hydrogens (tertiary/aromatic N) is 2. The van der Waals surface area contributed by atoms with Crippen molar-refractivity contribution in [3.8, 4) is 0 Å². The topological polar surface area (TPSA) is 51.8 Å². The lowest BCUT2D eigenvalue weighted by Gasteiger charge is -2.05. The van der Waals surface area contributed by atoms with Crippen molar-refractivity contribution < 1.29 is 0 Å². The fourth-order valence-corrected chi connectivity index (χ4v) is 1.77. The van der Waals surface area contributed by atoms with E-state index in [2.05, 4.69) is 10.2 Å². The Morgan fingerprint density at radius 1 is 1.25 bits per heavy atom. The predicted molar refractivity (Wildman–Crippen MR) is 65.4 cm³/mol. The lowest BCUT2D eigenvalue weighted by atomic mass is 10.0. The van der Waals surface area contributed by atoms with Crippen LogP contribution in [-0.2, 0) is 6.42 Å². The molecule has 3 nitrogen and oxygen atoms in total. The summed E-state index contributed by atoms with van der Waals surface area (Å²) in [4.78, 5) is 0. The normalized spacial score (nSPS) is 10.4. The predicted octanol–water partition coefficient (Wildman–Crippen LogP) is 2.61. The van der Waals surface area contributed by atoms with Gasteiger partial charge in [-0.2, -0.15) is 5.10 Å². The van der Waals surface area contributed by atoms with E-state index in [1.54, 1.807) is 0 Å². The molecule has 2 rings (SSSR count). The molecular weight excluding hydrogens is 222 g/mol. The molecule has 0 aliphatic rings. The zero-order valence-electron chi connectivity index (χ0n) is 8.94. The molecule has 0 aliphatic heterocycles. The second kappa shape index (κ2) is 4.49. The summed E-state index contributed by atoms with van der Waals surface area (Å²) in [6, 6.07) is 9.62. The molecule has 2 N–H and O–H groups in total. The Balaban J connectivity index is 2.30. The molecule has 0 saturated carbocycles. The van der Waals surface area contributed by atoms with Gasteiger partial charge in [0.05, 0.1) is 5.69 Å². The van der Waals surface area contributed by atoms with E-state index in [0.29, 0.717) is 5.82 Å². The molecule has 0 saturated heterocycles. The van der Waals surface area contributed by atoms with Gasteiger partial charge in [-0.3, -0.25) is 0 Å². The maximum Gasteiger partial charge on any atom is 0.146 e. The molecule has 4 heteroatoms. The van der Waals surface area contributed by atoms with Crippen LogP contribution in [0.5, 0.6) is 0 Å². The van der Waals surface area contributed by atoms with Crippen molar-refractivity contribution in [1.29, 1.82) is 0 Å². The van der Waals surface area contributed by atoms with Gasteiger partial charge in [-0.15, -0.1) is 5.10 Å². The lowest BCUT2D eigenvalue weighted by Crippen LogP contribution is -2.00. The Hall–Kier alpha value is -1.61. The smallest absolute Gasteiger partial charge is 0.146 e. The molecule has 1 aromatic heterocycles. The standard InChI is InChI=1S/C12H12ClN3/c1-8-10(7-12(14)16-15-8)5-9-3-2-4-11(13)6-9/h2-4,6-7H,5H2,1H3,(H2,14,16). The van der Waals surface area contributed by atoms with Crippen LogP contribution in [0.15, 0.2) is 30.3 Å². The highest BCUT2D eigenvalue weighted by Crippen LogP contribution is 2.16.